The predicted molar refractivity (Wildman–Crippen MR) is 57.5 cm³/mol. The molecule has 2 N–H and O–H groups in total. The Bertz CT molecular complexity index is 185. The SMILES string of the molecule is CNC(=O)CCNC(=O)CN(C)C.Cl. The van der Waals surface area contributed by atoms with Gasteiger partial charge in [0, 0.05) is 20.0 Å². The highest BCUT2D eigenvalue weighted by Gasteiger charge is 2.02. The molecule has 5 nitrogen and oxygen atoms in total. The lowest BCUT2D eigenvalue weighted by Crippen LogP contribution is -2.35. The van der Waals surface area contributed by atoms with E-state index in [1.807, 2.05) is 14.1 Å². The summed E-state index contributed by atoms with van der Waals surface area (Å²) in [4.78, 5) is 23.6. The number of carbonyl (C=O) groups excluding carboxylic acids is 2. The second kappa shape index (κ2) is 8.77. The molecule has 0 saturated carbocycles. The Morgan fingerprint density at radius 1 is 1.21 bits per heavy atom. The number of nitrogens with zero attached hydrogens (tertiary/aromatic N) is 1. The molecule has 0 heterocycles. The molecular formula is C8H18ClN3O2. The lowest BCUT2D eigenvalue weighted by molar-refractivity contribution is -0.122. The van der Waals surface area contributed by atoms with Crippen molar-refractivity contribution < 1.29 is 9.59 Å². The van der Waals surface area contributed by atoms with Crippen LogP contribution >= 0.6 is 12.4 Å². The summed E-state index contributed by atoms with van der Waals surface area (Å²) in [6, 6.07) is 0. The molecular weight excluding hydrogens is 206 g/mol. The van der Waals surface area contributed by atoms with Gasteiger partial charge >= 0.3 is 0 Å². The van der Waals surface area contributed by atoms with Crippen molar-refractivity contribution >= 4 is 24.2 Å². The van der Waals surface area contributed by atoms with Gasteiger partial charge in [-0.05, 0) is 14.1 Å². The summed E-state index contributed by atoms with van der Waals surface area (Å²) >= 11 is 0. The number of nitrogens with one attached hydrogen (secondary N) is 2. The van der Waals surface area contributed by atoms with Crippen LogP contribution in [0.5, 0.6) is 0 Å². The van der Waals surface area contributed by atoms with Gasteiger partial charge in [-0.3, -0.25) is 9.59 Å². The van der Waals surface area contributed by atoms with E-state index < -0.39 is 0 Å². The van der Waals surface area contributed by atoms with Crippen molar-refractivity contribution in [2.45, 2.75) is 6.42 Å². The van der Waals surface area contributed by atoms with E-state index in [4.69, 9.17) is 0 Å². The van der Waals surface area contributed by atoms with E-state index in [9.17, 15) is 9.59 Å². The maximum absolute atomic E-state index is 11.0. The molecule has 0 aliphatic heterocycles. The van der Waals surface area contributed by atoms with E-state index in [2.05, 4.69) is 10.6 Å². The molecule has 0 atom stereocenters. The van der Waals surface area contributed by atoms with Gasteiger partial charge in [-0.1, -0.05) is 0 Å². The fourth-order valence-electron chi connectivity index (χ4n) is 0.784. The topological polar surface area (TPSA) is 61.4 Å². The fraction of sp³-hybridized carbons (Fsp3) is 0.750. The van der Waals surface area contributed by atoms with Gasteiger partial charge in [-0.25, -0.2) is 0 Å². The minimum atomic E-state index is -0.0647. The number of hydrogen-bond donors (Lipinski definition) is 2. The van der Waals surface area contributed by atoms with Crippen molar-refractivity contribution in [1.29, 1.82) is 0 Å². The second-order valence-corrected chi connectivity index (χ2v) is 3.01. The van der Waals surface area contributed by atoms with Crippen LogP contribution in [0.4, 0.5) is 0 Å². The number of halogens is 1. The van der Waals surface area contributed by atoms with Crippen molar-refractivity contribution in [2.75, 3.05) is 34.2 Å². The largest absolute Gasteiger partial charge is 0.359 e. The van der Waals surface area contributed by atoms with Crippen molar-refractivity contribution in [3.05, 3.63) is 0 Å². The third-order valence-electron chi connectivity index (χ3n) is 1.41. The van der Waals surface area contributed by atoms with Crippen LogP contribution in [0, 0.1) is 0 Å². The quantitative estimate of drug-likeness (QED) is 0.643. The minimum Gasteiger partial charge on any atom is -0.359 e. The van der Waals surface area contributed by atoms with Gasteiger partial charge < -0.3 is 15.5 Å². The van der Waals surface area contributed by atoms with Crippen molar-refractivity contribution in [1.82, 2.24) is 15.5 Å². The molecule has 0 fully saturated rings. The first-order chi connectivity index (χ1) is 6.06. The zero-order chi connectivity index (χ0) is 10.3. The third kappa shape index (κ3) is 9.28. The third-order valence-corrected chi connectivity index (χ3v) is 1.41. The maximum atomic E-state index is 11.0. The molecule has 0 aliphatic carbocycles. The highest BCUT2D eigenvalue weighted by Crippen LogP contribution is 1.78. The number of amides is 2. The first-order valence-electron chi connectivity index (χ1n) is 4.18. The molecule has 0 rings (SSSR count). The van der Waals surface area contributed by atoms with Gasteiger partial charge in [0.1, 0.15) is 0 Å². The predicted octanol–water partition coefficient (Wildman–Crippen LogP) is -0.778. The van der Waals surface area contributed by atoms with E-state index in [1.54, 1.807) is 11.9 Å². The van der Waals surface area contributed by atoms with Crippen molar-refractivity contribution in [2.24, 2.45) is 0 Å². The summed E-state index contributed by atoms with van der Waals surface area (Å²) in [7, 11) is 5.21. The van der Waals surface area contributed by atoms with Crippen LogP contribution in [0.2, 0.25) is 0 Å². The van der Waals surface area contributed by atoms with Crippen LogP contribution in [0.15, 0.2) is 0 Å². The Morgan fingerprint density at radius 3 is 2.21 bits per heavy atom. The van der Waals surface area contributed by atoms with Crippen LogP contribution in [-0.4, -0.2) is 50.9 Å². The average Bonchev–Trinajstić information content (AvgIpc) is 2.02. The molecule has 0 aromatic heterocycles. The molecule has 0 unspecified atom stereocenters. The Morgan fingerprint density at radius 2 is 1.79 bits per heavy atom. The van der Waals surface area contributed by atoms with Gasteiger partial charge in [0.15, 0.2) is 0 Å². The second-order valence-electron chi connectivity index (χ2n) is 3.01. The highest BCUT2D eigenvalue weighted by atomic mass is 35.5. The molecule has 14 heavy (non-hydrogen) atoms. The summed E-state index contributed by atoms with van der Waals surface area (Å²) < 4.78 is 0. The van der Waals surface area contributed by atoms with E-state index in [-0.39, 0.29) is 24.2 Å². The minimum absolute atomic E-state index is 0. The summed E-state index contributed by atoms with van der Waals surface area (Å²) in [5.41, 5.74) is 0. The number of likely N-dealkylation sites (N-methyl/N-ethyl adjacent to an activating group) is 1. The summed E-state index contributed by atoms with van der Waals surface area (Å²) in [6.45, 7) is 0.750. The molecule has 0 aliphatic rings. The van der Waals surface area contributed by atoms with E-state index in [1.165, 1.54) is 0 Å². The van der Waals surface area contributed by atoms with Crippen LogP contribution in [0.3, 0.4) is 0 Å². The zero-order valence-corrected chi connectivity index (χ0v) is 9.61. The zero-order valence-electron chi connectivity index (χ0n) is 8.79. The first-order valence-corrected chi connectivity index (χ1v) is 4.18. The number of hydrogen-bond acceptors (Lipinski definition) is 3. The number of rotatable bonds is 5. The van der Waals surface area contributed by atoms with Gasteiger partial charge in [-0.2, -0.15) is 0 Å². The lowest BCUT2D eigenvalue weighted by Gasteiger charge is -2.09. The van der Waals surface area contributed by atoms with Crippen LogP contribution in [-0.2, 0) is 9.59 Å². The highest BCUT2D eigenvalue weighted by molar-refractivity contribution is 5.85. The van der Waals surface area contributed by atoms with E-state index >= 15 is 0 Å². The van der Waals surface area contributed by atoms with E-state index in [0.29, 0.717) is 19.5 Å². The molecule has 0 spiro atoms. The van der Waals surface area contributed by atoms with Gasteiger partial charge in [0.05, 0.1) is 6.54 Å². The van der Waals surface area contributed by atoms with Gasteiger partial charge in [0.2, 0.25) is 11.8 Å². The molecule has 0 bridgehead atoms. The van der Waals surface area contributed by atoms with Crippen LogP contribution < -0.4 is 10.6 Å². The smallest absolute Gasteiger partial charge is 0.234 e. The normalized spacial score (nSPS) is 9.14. The molecule has 2 amide bonds. The molecule has 0 aromatic carbocycles. The van der Waals surface area contributed by atoms with Gasteiger partial charge in [0.25, 0.3) is 0 Å². The number of carbonyl (C=O) groups is 2. The molecule has 0 aromatic rings. The maximum Gasteiger partial charge on any atom is 0.234 e. The molecule has 84 valence electrons. The molecule has 0 radical (unpaired) electrons. The monoisotopic (exact) mass is 223 g/mol. The summed E-state index contributed by atoms with van der Waals surface area (Å²) in [5.74, 6) is -0.126. The lowest BCUT2D eigenvalue weighted by atomic mass is 10.4. The van der Waals surface area contributed by atoms with E-state index in [0.717, 1.165) is 0 Å². The van der Waals surface area contributed by atoms with Gasteiger partial charge in [-0.15, -0.1) is 12.4 Å². The summed E-state index contributed by atoms with van der Waals surface area (Å²) in [6.07, 6.45) is 0.329. The average molecular weight is 224 g/mol. The molecule has 6 heteroatoms. The Hall–Kier alpha value is -0.810. The Balaban J connectivity index is 0. The standard InChI is InChI=1S/C8H17N3O2.ClH/c1-9-7(12)4-5-10-8(13)6-11(2)3;/h4-6H2,1-3H3,(H,9,12)(H,10,13);1H. The van der Waals surface area contributed by atoms with Crippen molar-refractivity contribution in [3.63, 3.8) is 0 Å². The van der Waals surface area contributed by atoms with Crippen LogP contribution in [0.1, 0.15) is 6.42 Å². The summed E-state index contributed by atoms with van der Waals surface area (Å²) in [5, 5.41) is 5.12. The Kier molecular flexibility index (Phi) is 9.81. The molecule has 0 saturated heterocycles. The first kappa shape index (κ1) is 15.7. The van der Waals surface area contributed by atoms with Crippen molar-refractivity contribution in [3.8, 4) is 0 Å². The van der Waals surface area contributed by atoms with Crippen LogP contribution in [0.25, 0.3) is 0 Å². The fourth-order valence-corrected chi connectivity index (χ4v) is 0.784. The Labute approximate surface area is 90.6 Å².